The molecule has 0 saturated heterocycles. The summed E-state index contributed by atoms with van der Waals surface area (Å²) in [5, 5.41) is 0.426. The molecule has 1 aliphatic carbocycles. The molecule has 3 N–H and O–H groups in total. The minimum atomic E-state index is -3.68. The van der Waals surface area contributed by atoms with Gasteiger partial charge in [-0.25, -0.2) is 13.4 Å². The molecule has 1 aliphatic rings. The van der Waals surface area contributed by atoms with Crippen LogP contribution in [0.5, 0.6) is 0 Å². The number of nitrogens with zero attached hydrogens (tertiary/aromatic N) is 1. The Morgan fingerprint density at radius 1 is 1.35 bits per heavy atom. The van der Waals surface area contributed by atoms with Gasteiger partial charge in [0.2, 0.25) is 0 Å². The third-order valence-electron chi connectivity index (χ3n) is 3.27. The van der Waals surface area contributed by atoms with E-state index in [9.17, 15) is 8.42 Å². The second-order valence-electron chi connectivity index (χ2n) is 4.89. The molecule has 106 valence electrons. The average molecular weight is 309 g/mol. The van der Waals surface area contributed by atoms with E-state index in [2.05, 4.69) is 9.71 Å². The van der Waals surface area contributed by atoms with Gasteiger partial charge in [0.05, 0.1) is 11.4 Å². The molecule has 7 heteroatoms. The maximum atomic E-state index is 12.3. The number of hydrogen-bond donors (Lipinski definition) is 2. The fraction of sp³-hybridized carbons (Fsp3) is 0.308. The van der Waals surface area contributed by atoms with Crippen molar-refractivity contribution in [1.29, 1.82) is 0 Å². The van der Waals surface area contributed by atoms with Gasteiger partial charge >= 0.3 is 0 Å². The molecule has 0 bridgehead atoms. The van der Waals surface area contributed by atoms with Crippen molar-refractivity contribution >= 4 is 32.2 Å². The summed E-state index contributed by atoms with van der Waals surface area (Å²) in [6.45, 7) is 1.87. The Balaban J connectivity index is 1.91. The SMILES string of the molecule is Cc1ccc(S(=O)(=O)Nc2nc3c(s2)CCC3)c(N)c1. The highest BCUT2D eigenvalue weighted by atomic mass is 32.2. The van der Waals surface area contributed by atoms with E-state index < -0.39 is 10.0 Å². The van der Waals surface area contributed by atoms with Crippen LogP contribution in [0.15, 0.2) is 23.1 Å². The largest absolute Gasteiger partial charge is 0.398 e. The highest BCUT2D eigenvalue weighted by Crippen LogP contribution is 2.32. The Kier molecular flexibility index (Phi) is 3.18. The number of rotatable bonds is 3. The maximum absolute atomic E-state index is 12.3. The zero-order chi connectivity index (χ0) is 14.3. The molecular weight excluding hydrogens is 294 g/mol. The number of nitrogen functional groups attached to an aromatic ring is 1. The van der Waals surface area contributed by atoms with Crippen LogP contribution in [0.1, 0.15) is 22.6 Å². The van der Waals surface area contributed by atoms with Gasteiger partial charge in [-0.15, -0.1) is 11.3 Å². The van der Waals surface area contributed by atoms with Crippen LogP contribution in [0, 0.1) is 6.92 Å². The molecule has 20 heavy (non-hydrogen) atoms. The molecule has 5 nitrogen and oxygen atoms in total. The first-order valence-electron chi connectivity index (χ1n) is 6.33. The summed E-state index contributed by atoms with van der Waals surface area (Å²) < 4.78 is 27.2. The number of aromatic nitrogens is 1. The molecule has 0 radical (unpaired) electrons. The summed E-state index contributed by atoms with van der Waals surface area (Å²) in [5.74, 6) is 0. The highest BCUT2D eigenvalue weighted by Gasteiger charge is 2.22. The minimum absolute atomic E-state index is 0.0958. The van der Waals surface area contributed by atoms with Crippen molar-refractivity contribution in [3.63, 3.8) is 0 Å². The van der Waals surface area contributed by atoms with Crippen molar-refractivity contribution in [3.05, 3.63) is 34.3 Å². The summed E-state index contributed by atoms with van der Waals surface area (Å²) in [4.78, 5) is 5.61. The van der Waals surface area contributed by atoms with Crippen LogP contribution in [0.4, 0.5) is 10.8 Å². The van der Waals surface area contributed by atoms with Crippen molar-refractivity contribution in [1.82, 2.24) is 4.98 Å². The number of fused-ring (bicyclic) bond motifs is 1. The Morgan fingerprint density at radius 3 is 2.85 bits per heavy atom. The smallest absolute Gasteiger partial charge is 0.265 e. The molecule has 3 rings (SSSR count). The number of nitrogens with two attached hydrogens (primary N) is 1. The first-order chi connectivity index (χ1) is 9.45. The fourth-order valence-electron chi connectivity index (χ4n) is 2.32. The molecule has 2 aromatic rings. The summed E-state index contributed by atoms with van der Waals surface area (Å²) in [6, 6.07) is 4.90. The van der Waals surface area contributed by atoms with E-state index in [1.165, 1.54) is 22.3 Å². The molecule has 0 amide bonds. The van der Waals surface area contributed by atoms with Crippen molar-refractivity contribution in [2.75, 3.05) is 10.5 Å². The molecule has 0 spiro atoms. The Morgan fingerprint density at radius 2 is 2.15 bits per heavy atom. The molecule has 1 aromatic carbocycles. The number of anilines is 2. The van der Waals surface area contributed by atoms with E-state index in [0.717, 1.165) is 30.5 Å². The van der Waals surface area contributed by atoms with Gasteiger partial charge in [-0.05, 0) is 43.9 Å². The van der Waals surface area contributed by atoms with E-state index in [-0.39, 0.29) is 10.6 Å². The van der Waals surface area contributed by atoms with Crippen LogP contribution in [0.25, 0.3) is 0 Å². The van der Waals surface area contributed by atoms with Crippen molar-refractivity contribution in [3.8, 4) is 0 Å². The van der Waals surface area contributed by atoms with E-state index >= 15 is 0 Å². The van der Waals surface area contributed by atoms with E-state index in [4.69, 9.17) is 5.73 Å². The van der Waals surface area contributed by atoms with E-state index in [1.807, 2.05) is 6.92 Å². The third-order valence-corrected chi connectivity index (χ3v) is 5.89. The topological polar surface area (TPSA) is 85.1 Å². The van der Waals surface area contributed by atoms with Gasteiger partial charge in [-0.2, -0.15) is 0 Å². The lowest BCUT2D eigenvalue weighted by molar-refractivity contribution is 0.601. The zero-order valence-corrected chi connectivity index (χ0v) is 12.6. The lowest BCUT2D eigenvalue weighted by Gasteiger charge is -2.08. The van der Waals surface area contributed by atoms with Gasteiger partial charge in [-0.1, -0.05) is 6.07 Å². The van der Waals surface area contributed by atoms with Gasteiger partial charge in [-0.3, -0.25) is 4.72 Å². The van der Waals surface area contributed by atoms with Gasteiger partial charge in [0.1, 0.15) is 4.90 Å². The number of benzene rings is 1. The van der Waals surface area contributed by atoms with Crippen molar-refractivity contribution in [2.24, 2.45) is 0 Å². The van der Waals surface area contributed by atoms with Crippen LogP contribution < -0.4 is 10.5 Å². The maximum Gasteiger partial charge on any atom is 0.265 e. The second kappa shape index (κ2) is 4.75. The lowest BCUT2D eigenvalue weighted by Crippen LogP contribution is -2.14. The summed E-state index contributed by atoms with van der Waals surface area (Å²) in [5.41, 5.74) is 7.99. The molecule has 0 unspecified atom stereocenters. The molecular formula is C13H15N3O2S2. The lowest BCUT2D eigenvalue weighted by atomic mass is 10.2. The van der Waals surface area contributed by atoms with Crippen molar-refractivity contribution < 1.29 is 8.42 Å². The first kappa shape index (κ1) is 13.4. The average Bonchev–Trinajstić information content (AvgIpc) is 2.87. The number of sulfonamides is 1. The second-order valence-corrected chi connectivity index (χ2v) is 7.62. The fourth-order valence-corrected chi connectivity index (χ4v) is 4.72. The number of hydrogen-bond acceptors (Lipinski definition) is 5. The number of nitrogens with one attached hydrogen (secondary N) is 1. The molecule has 1 heterocycles. The molecule has 0 atom stereocenters. The normalized spacial score (nSPS) is 14.2. The summed E-state index contributed by atoms with van der Waals surface area (Å²) in [7, 11) is -3.68. The Hall–Kier alpha value is -1.60. The quantitative estimate of drug-likeness (QED) is 0.852. The first-order valence-corrected chi connectivity index (χ1v) is 8.63. The third kappa shape index (κ3) is 2.38. The van der Waals surface area contributed by atoms with E-state index in [0.29, 0.717) is 5.13 Å². The van der Waals surface area contributed by atoms with Crippen molar-refractivity contribution in [2.45, 2.75) is 31.1 Å². The molecule has 0 aliphatic heterocycles. The highest BCUT2D eigenvalue weighted by molar-refractivity contribution is 7.93. The Labute approximate surface area is 121 Å². The Bertz CT molecular complexity index is 744. The number of aryl methyl sites for hydroxylation is 3. The predicted molar refractivity (Wildman–Crippen MR) is 80.5 cm³/mol. The van der Waals surface area contributed by atoms with Gasteiger partial charge < -0.3 is 5.73 Å². The zero-order valence-electron chi connectivity index (χ0n) is 11.0. The van der Waals surface area contributed by atoms with Crippen LogP contribution in [0.2, 0.25) is 0 Å². The van der Waals surface area contributed by atoms with Gasteiger partial charge in [0, 0.05) is 4.88 Å². The standard InChI is InChI=1S/C13H15N3O2S2/c1-8-5-6-12(9(14)7-8)20(17,18)16-13-15-10-3-2-4-11(10)19-13/h5-7H,2-4,14H2,1H3,(H,15,16). The summed E-state index contributed by atoms with van der Waals surface area (Å²) in [6.07, 6.45) is 3.02. The molecule has 0 fully saturated rings. The minimum Gasteiger partial charge on any atom is -0.398 e. The predicted octanol–water partition coefficient (Wildman–Crippen LogP) is 2.32. The van der Waals surface area contributed by atoms with Gasteiger partial charge in [0.25, 0.3) is 10.0 Å². The van der Waals surface area contributed by atoms with Crippen LogP contribution in [-0.4, -0.2) is 13.4 Å². The number of thiazole rings is 1. The van der Waals surface area contributed by atoms with Crippen LogP contribution >= 0.6 is 11.3 Å². The summed E-state index contributed by atoms with van der Waals surface area (Å²) >= 11 is 1.41. The monoisotopic (exact) mass is 309 g/mol. The van der Waals surface area contributed by atoms with E-state index in [1.54, 1.807) is 12.1 Å². The van der Waals surface area contributed by atoms with Crippen LogP contribution in [-0.2, 0) is 22.9 Å². The van der Waals surface area contributed by atoms with Crippen LogP contribution in [0.3, 0.4) is 0 Å². The molecule has 1 aromatic heterocycles. The van der Waals surface area contributed by atoms with Gasteiger partial charge in [0.15, 0.2) is 5.13 Å². The molecule has 0 saturated carbocycles.